The molecule has 0 aliphatic carbocycles. The van der Waals surface area contributed by atoms with E-state index < -0.39 is 29.5 Å². The number of ether oxygens (including phenoxy) is 1. The number of Topliss-reactive ketones (excluding diaryl/α,β-unsaturated/α-hetero) is 1. The second-order valence-corrected chi connectivity index (χ2v) is 26.1. The van der Waals surface area contributed by atoms with Crippen molar-refractivity contribution >= 4 is 63.2 Å². The average molecular weight is 1170 g/mol. The molecule has 0 fully saturated rings. The van der Waals surface area contributed by atoms with Gasteiger partial charge in [0.15, 0.2) is 29.5 Å². The molecule has 0 saturated heterocycles. The Morgan fingerprint density at radius 1 is 0.506 bits per heavy atom. The fourth-order valence-electron chi connectivity index (χ4n) is 8.95. The number of ketones is 1. The molecule has 8 aromatic carbocycles. The summed E-state index contributed by atoms with van der Waals surface area (Å²) in [6, 6.07) is 64.1. The summed E-state index contributed by atoms with van der Waals surface area (Å²) in [6.45, 7) is 9.87. The lowest BCUT2D eigenvalue weighted by molar-refractivity contribution is -0.133. The molecule has 1 unspecified atom stereocenters. The van der Waals surface area contributed by atoms with Crippen LogP contribution < -0.4 is 0 Å². The molecule has 1 aliphatic heterocycles. The van der Waals surface area contributed by atoms with Crippen molar-refractivity contribution in [3.05, 3.63) is 246 Å². The zero-order chi connectivity index (χ0) is 58.9. The van der Waals surface area contributed by atoms with Gasteiger partial charge in [-0.3, -0.25) is 4.79 Å². The van der Waals surface area contributed by atoms with Gasteiger partial charge in [-0.2, -0.15) is 10.2 Å². The van der Waals surface area contributed by atoms with Crippen LogP contribution in [0.3, 0.4) is 0 Å². The third-order valence-electron chi connectivity index (χ3n) is 13.6. The summed E-state index contributed by atoms with van der Waals surface area (Å²) in [5.74, 6) is -0.148. The minimum atomic E-state index is -3.23. The van der Waals surface area contributed by atoms with Crippen molar-refractivity contribution in [1.29, 1.82) is 0 Å². The minimum absolute atomic E-state index is 0. The molecule has 2 aromatic heterocycles. The second-order valence-electron chi connectivity index (χ2n) is 20.0. The summed E-state index contributed by atoms with van der Waals surface area (Å²) in [5, 5.41) is 11.3. The van der Waals surface area contributed by atoms with E-state index in [0.29, 0.717) is 15.4 Å². The lowest BCUT2D eigenvalue weighted by Gasteiger charge is -2.09. The van der Waals surface area contributed by atoms with Crippen molar-refractivity contribution in [3.63, 3.8) is 0 Å². The van der Waals surface area contributed by atoms with Crippen LogP contribution >= 0.6 is 0 Å². The number of carbonyl (C=O) groups is 2. The fourth-order valence-corrected chi connectivity index (χ4v) is 10.8. The number of cyclic esters (lactones) is 1. The van der Waals surface area contributed by atoms with E-state index in [4.69, 9.17) is 4.74 Å². The van der Waals surface area contributed by atoms with Gasteiger partial charge in [-0.15, -0.1) is 0 Å². The van der Waals surface area contributed by atoms with E-state index in [9.17, 15) is 34.8 Å². The van der Waals surface area contributed by atoms with Gasteiger partial charge in [0.1, 0.15) is 12.4 Å². The Hall–Kier alpha value is -8.83. The Morgan fingerprint density at radius 2 is 0.964 bits per heavy atom. The summed E-state index contributed by atoms with van der Waals surface area (Å²) in [7, 11) is -9.61. The van der Waals surface area contributed by atoms with E-state index in [-0.39, 0.29) is 36.6 Å². The SMILES string of the molecule is C.CC(=O)C(C)c1ccc2cc(C)ccc2c1.CS(=O)(=O)c1ccc(C2=C(c3ccccc3)C(=O)OC2)cc1.Cc1cc(-c2ccccc2)n(-c2ccc(S(C)(=O)=O)cc2)n1.Cc1ccc(-c2ccnn2-c2ccc(S(C)(=O)=O)cc2)cc1. The van der Waals surface area contributed by atoms with Crippen molar-refractivity contribution < 1.29 is 39.6 Å². The van der Waals surface area contributed by atoms with Crippen LogP contribution in [0.1, 0.15) is 60.7 Å². The number of sulfone groups is 3. The largest absolute Gasteiger partial charge is 0.457 e. The standard InChI is InChI=1S/2C17H16N2O2S.C17H14O4S.C15H16O.CH4/c1-13-3-5-14(6-4-13)17-11-12-18-19(17)15-7-9-16(10-8-15)22(2,20)21;1-13-12-17(14-6-4-3-5-7-14)19(18-13)15-8-10-16(11-9-15)22(2,20)21;1-22(19,20)14-9-7-12(8-10-14)15-11-21-17(18)16(15)13-5-3-2-4-6-13;1-10-4-5-15-9-13(11(2)12(3)16)6-7-14(15)8-10;/h2*3-12H,1-2H3;2-10H,11H2,1H3;4-9,11H,1-3H3;1H4. The fraction of sp³-hybridized carbons (Fsp3) is 0.164. The summed E-state index contributed by atoms with van der Waals surface area (Å²) in [5.41, 5.74) is 13.1. The molecule has 0 amide bonds. The maximum Gasteiger partial charge on any atom is 0.339 e. The summed E-state index contributed by atoms with van der Waals surface area (Å²) < 4.78 is 78.0. The molecule has 10 aromatic rings. The van der Waals surface area contributed by atoms with Crippen molar-refractivity contribution in [2.24, 2.45) is 0 Å². The average Bonchev–Trinajstić information content (AvgIpc) is 4.26. The predicted molar refractivity (Wildman–Crippen MR) is 332 cm³/mol. The van der Waals surface area contributed by atoms with E-state index in [1.165, 1.54) is 40.7 Å². The third-order valence-corrected chi connectivity index (χ3v) is 17.0. The molecule has 1 atom stereocenters. The van der Waals surface area contributed by atoms with Crippen LogP contribution in [-0.2, 0) is 43.8 Å². The van der Waals surface area contributed by atoms with Gasteiger partial charge < -0.3 is 4.74 Å². The first kappa shape index (κ1) is 61.8. The number of benzene rings is 8. The quantitative estimate of drug-likeness (QED) is 0.112. The zero-order valence-corrected chi connectivity index (χ0v) is 49.1. The van der Waals surface area contributed by atoms with Gasteiger partial charge in [-0.25, -0.2) is 39.4 Å². The number of esters is 1. The van der Waals surface area contributed by atoms with Gasteiger partial charge in [-0.05, 0) is 128 Å². The maximum atomic E-state index is 12.0. The van der Waals surface area contributed by atoms with Crippen molar-refractivity contribution in [3.8, 4) is 33.9 Å². The minimum Gasteiger partial charge on any atom is -0.457 e. The van der Waals surface area contributed by atoms with Crippen LogP contribution in [-0.4, -0.2) is 81.9 Å². The first-order valence-corrected chi connectivity index (χ1v) is 31.7. The lowest BCUT2D eigenvalue weighted by Crippen LogP contribution is -2.03. The molecule has 11 rings (SSSR count). The number of aryl methyl sites for hydroxylation is 3. The Labute approximate surface area is 487 Å². The van der Waals surface area contributed by atoms with Gasteiger partial charge in [0.2, 0.25) is 0 Å². The molecule has 16 heteroatoms. The first-order chi connectivity index (χ1) is 38.9. The van der Waals surface area contributed by atoms with Crippen LogP contribution in [0.2, 0.25) is 0 Å². The number of carbonyl (C=O) groups excluding carboxylic acids is 2. The number of hydrogen-bond donors (Lipinski definition) is 0. The second kappa shape index (κ2) is 26.4. The Bertz CT molecular complexity index is 4290. The molecular formula is C67H66N4O9S3. The lowest BCUT2D eigenvalue weighted by atomic mass is 9.95. The zero-order valence-electron chi connectivity index (χ0n) is 46.7. The van der Waals surface area contributed by atoms with Crippen LogP contribution in [0, 0.1) is 20.8 Å². The van der Waals surface area contributed by atoms with Crippen LogP contribution in [0.15, 0.2) is 227 Å². The predicted octanol–water partition coefficient (Wildman–Crippen LogP) is 13.5. The van der Waals surface area contributed by atoms with Crippen molar-refractivity contribution in [2.75, 3.05) is 25.4 Å². The topological polar surface area (TPSA) is 181 Å². The monoisotopic (exact) mass is 1170 g/mol. The molecule has 0 bridgehead atoms. The molecule has 13 nitrogen and oxygen atoms in total. The number of fused-ring (bicyclic) bond motifs is 1. The van der Waals surface area contributed by atoms with Gasteiger partial charge in [0, 0.05) is 41.4 Å². The van der Waals surface area contributed by atoms with Crippen LogP contribution in [0.4, 0.5) is 0 Å². The van der Waals surface area contributed by atoms with E-state index in [0.717, 1.165) is 61.8 Å². The van der Waals surface area contributed by atoms with Crippen LogP contribution in [0.5, 0.6) is 0 Å². The van der Waals surface area contributed by atoms with Crippen LogP contribution in [0.25, 0.3) is 55.8 Å². The maximum absolute atomic E-state index is 12.0. The van der Waals surface area contributed by atoms with E-state index in [1.807, 2.05) is 116 Å². The smallest absolute Gasteiger partial charge is 0.339 e. The molecule has 0 saturated carbocycles. The molecule has 3 heterocycles. The summed E-state index contributed by atoms with van der Waals surface area (Å²) >= 11 is 0. The van der Waals surface area contributed by atoms with E-state index in [2.05, 4.69) is 59.6 Å². The Kier molecular flexibility index (Phi) is 19.6. The van der Waals surface area contributed by atoms with E-state index in [1.54, 1.807) is 90.6 Å². The summed E-state index contributed by atoms with van der Waals surface area (Å²) in [6.07, 6.45) is 5.31. The molecule has 0 radical (unpaired) electrons. The molecule has 0 spiro atoms. The number of rotatable bonds is 11. The number of nitrogens with zero attached hydrogens (tertiary/aromatic N) is 4. The number of aromatic nitrogens is 4. The van der Waals surface area contributed by atoms with Gasteiger partial charge >= 0.3 is 5.97 Å². The normalized spacial score (nSPS) is 12.6. The highest BCUT2D eigenvalue weighted by Gasteiger charge is 2.27. The Balaban J connectivity index is 0.000000160. The molecule has 0 N–H and O–H groups in total. The Morgan fingerprint density at radius 3 is 1.49 bits per heavy atom. The van der Waals surface area contributed by atoms with E-state index >= 15 is 0 Å². The van der Waals surface area contributed by atoms with Crippen molar-refractivity contribution in [2.45, 2.75) is 62.6 Å². The first-order valence-electron chi connectivity index (χ1n) is 26.1. The van der Waals surface area contributed by atoms with Gasteiger partial charge in [-0.1, -0.05) is 159 Å². The van der Waals surface area contributed by atoms with Gasteiger partial charge in [0.25, 0.3) is 0 Å². The molecule has 426 valence electrons. The van der Waals surface area contributed by atoms with Gasteiger partial charge in [0.05, 0.1) is 54.9 Å². The summed E-state index contributed by atoms with van der Waals surface area (Å²) in [4.78, 5) is 24.2. The highest BCUT2D eigenvalue weighted by Crippen LogP contribution is 2.34. The highest BCUT2D eigenvalue weighted by molar-refractivity contribution is 7.91. The molecular weight excluding hydrogens is 1100 g/mol. The highest BCUT2D eigenvalue weighted by atomic mass is 32.2. The third kappa shape index (κ3) is 15.6. The molecule has 83 heavy (non-hydrogen) atoms. The molecule has 1 aliphatic rings. The number of hydrogen-bond acceptors (Lipinski definition) is 11. The van der Waals surface area contributed by atoms with Crippen molar-refractivity contribution in [1.82, 2.24) is 19.6 Å².